The van der Waals surface area contributed by atoms with Crippen LogP contribution >= 0.6 is 0 Å². The lowest BCUT2D eigenvalue weighted by molar-refractivity contribution is 0.0592. The quantitative estimate of drug-likeness (QED) is 0.792. The Morgan fingerprint density at radius 2 is 1.84 bits per heavy atom. The summed E-state index contributed by atoms with van der Waals surface area (Å²) in [5.74, 6) is -0.659. The highest BCUT2D eigenvalue weighted by Gasteiger charge is 2.17. The summed E-state index contributed by atoms with van der Waals surface area (Å²) in [6.07, 6.45) is 0. The Morgan fingerprint density at radius 3 is 2.53 bits per heavy atom. The third kappa shape index (κ3) is 3.10. The minimum absolute atomic E-state index is 0.0825. The van der Waals surface area contributed by atoms with E-state index in [2.05, 4.69) is 4.74 Å². The summed E-state index contributed by atoms with van der Waals surface area (Å²) >= 11 is 0. The molecule has 0 aliphatic carbocycles. The highest BCUT2D eigenvalue weighted by molar-refractivity contribution is 5.91. The molecule has 0 amide bonds. The molecule has 2 rings (SSSR count). The lowest BCUT2D eigenvalue weighted by Crippen LogP contribution is -2.10. The number of benzene rings is 2. The van der Waals surface area contributed by atoms with Crippen molar-refractivity contribution in [2.45, 2.75) is 6.61 Å². The first-order chi connectivity index (χ1) is 9.22. The Balaban J connectivity index is 2.21. The summed E-state index contributed by atoms with van der Waals surface area (Å²) < 4.78 is 23.7. The van der Waals surface area contributed by atoms with Crippen LogP contribution in [-0.4, -0.2) is 13.1 Å². The molecule has 0 radical (unpaired) electrons. The Hall–Kier alpha value is -2.36. The van der Waals surface area contributed by atoms with E-state index in [0.717, 1.165) is 0 Å². The van der Waals surface area contributed by atoms with Gasteiger partial charge in [-0.05, 0) is 18.2 Å². The first-order valence-electron chi connectivity index (χ1n) is 5.76. The molecule has 0 spiro atoms. The van der Waals surface area contributed by atoms with Crippen LogP contribution in [0.1, 0.15) is 15.9 Å². The fourth-order valence-corrected chi connectivity index (χ4v) is 1.70. The predicted octanol–water partition coefficient (Wildman–Crippen LogP) is 3.19. The van der Waals surface area contributed by atoms with Crippen molar-refractivity contribution in [3.8, 4) is 5.75 Å². The maximum atomic E-state index is 13.7. The molecule has 2 aromatic carbocycles. The Bertz CT molecular complexity index is 567. The molecule has 0 aliphatic heterocycles. The number of hydrogen-bond donors (Lipinski definition) is 0. The Morgan fingerprint density at radius 1 is 1.11 bits per heavy atom. The summed E-state index contributed by atoms with van der Waals surface area (Å²) in [4.78, 5) is 11.5. The van der Waals surface area contributed by atoms with E-state index in [0.29, 0.717) is 11.3 Å². The molecule has 3 nitrogen and oxygen atoms in total. The van der Waals surface area contributed by atoms with E-state index in [9.17, 15) is 9.18 Å². The largest absolute Gasteiger partial charge is 0.489 e. The van der Waals surface area contributed by atoms with E-state index in [-0.39, 0.29) is 12.2 Å². The number of carbonyl (C=O) groups is 1. The molecular weight excluding hydrogens is 247 g/mol. The lowest BCUT2D eigenvalue weighted by atomic mass is 10.1. The molecule has 0 saturated heterocycles. The monoisotopic (exact) mass is 260 g/mol. The van der Waals surface area contributed by atoms with Crippen molar-refractivity contribution in [2.24, 2.45) is 0 Å². The first-order valence-corrected chi connectivity index (χ1v) is 5.76. The summed E-state index contributed by atoms with van der Waals surface area (Å²) in [6.45, 7) is 0.103. The molecule has 2 aromatic rings. The smallest absolute Gasteiger partial charge is 0.341 e. The summed E-state index contributed by atoms with van der Waals surface area (Å²) in [7, 11) is 1.22. The Labute approximate surface area is 110 Å². The van der Waals surface area contributed by atoms with Gasteiger partial charge in [0.1, 0.15) is 23.7 Å². The van der Waals surface area contributed by atoms with Gasteiger partial charge in [0.15, 0.2) is 0 Å². The van der Waals surface area contributed by atoms with E-state index in [1.807, 2.05) is 18.2 Å². The van der Waals surface area contributed by atoms with Crippen LogP contribution in [0, 0.1) is 5.82 Å². The molecule has 98 valence electrons. The zero-order chi connectivity index (χ0) is 13.7. The molecule has 0 fully saturated rings. The van der Waals surface area contributed by atoms with Gasteiger partial charge in [-0.25, -0.2) is 9.18 Å². The predicted molar refractivity (Wildman–Crippen MR) is 68.5 cm³/mol. The Kier molecular flexibility index (Phi) is 4.13. The molecule has 0 saturated carbocycles. The fourth-order valence-electron chi connectivity index (χ4n) is 1.70. The van der Waals surface area contributed by atoms with Gasteiger partial charge in [0.25, 0.3) is 0 Å². The van der Waals surface area contributed by atoms with Gasteiger partial charge in [-0.15, -0.1) is 0 Å². The average molecular weight is 260 g/mol. The number of rotatable bonds is 4. The number of ether oxygens (including phenoxy) is 2. The van der Waals surface area contributed by atoms with Crippen LogP contribution in [0.3, 0.4) is 0 Å². The number of esters is 1. The molecule has 0 atom stereocenters. The average Bonchev–Trinajstić information content (AvgIpc) is 2.45. The van der Waals surface area contributed by atoms with Crippen LogP contribution < -0.4 is 4.74 Å². The number of hydrogen-bond acceptors (Lipinski definition) is 3. The van der Waals surface area contributed by atoms with E-state index in [1.54, 1.807) is 18.2 Å². The van der Waals surface area contributed by atoms with Crippen molar-refractivity contribution in [1.82, 2.24) is 0 Å². The number of methoxy groups -OCH3 is 1. The van der Waals surface area contributed by atoms with Crippen LogP contribution in [0.2, 0.25) is 0 Å². The summed E-state index contributed by atoms with van der Waals surface area (Å²) in [6, 6.07) is 13.5. The van der Waals surface area contributed by atoms with Crippen molar-refractivity contribution >= 4 is 5.97 Å². The minimum Gasteiger partial charge on any atom is -0.489 e. The van der Waals surface area contributed by atoms with Crippen LogP contribution in [0.4, 0.5) is 4.39 Å². The lowest BCUT2D eigenvalue weighted by Gasteiger charge is -2.10. The van der Waals surface area contributed by atoms with Crippen molar-refractivity contribution in [3.63, 3.8) is 0 Å². The van der Waals surface area contributed by atoms with Crippen molar-refractivity contribution in [3.05, 3.63) is 65.5 Å². The van der Waals surface area contributed by atoms with Gasteiger partial charge in [-0.1, -0.05) is 30.3 Å². The van der Waals surface area contributed by atoms with Crippen molar-refractivity contribution in [2.75, 3.05) is 7.11 Å². The van der Waals surface area contributed by atoms with E-state index in [1.165, 1.54) is 19.2 Å². The van der Waals surface area contributed by atoms with Crippen molar-refractivity contribution in [1.29, 1.82) is 0 Å². The summed E-state index contributed by atoms with van der Waals surface area (Å²) in [5.41, 5.74) is 0.372. The molecule has 4 heteroatoms. The number of halogens is 1. The fraction of sp³-hybridized carbons (Fsp3) is 0.133. The van der Waals surface area contributed by atoms with E-state index < -0.39 is 11.8 Å². The van der Waals surface area contributed by atoms with Gasteiger partial charge in [-0.2, -0.15) is 0 Å². The van der Waals surface area contributed by atoms with Crippen LogP contribution in [0.5, 0.6) is 5.75 Å². The second kappa shape index (κ2) is 6.00. The second-order valence-corrected chi connectivity index (χ2v) is 3.87. The molecular formula is C15H13FO3. The SMILES string of the molecule is COC(=O)c1c(F)cccc1COc1ccccc1. The third-order valence-corrected chi connectivity index (χ3v) is 2.63. The highest BCUT2D eigenvalue weighted by atomic mass is 19.1. The van der Waals surface area contributed by atoms with Crippen LogP contribution in [0.25, 0.3) is 0 Å². The highest BCUT2D eigenvalue weighted by Crippen LogP contribution is 2.18. The molecule has 0 heterocycles. The zero-order valence-electron chi connectivity index (χ0n) is 10.4. The minimum atomic E-state index is -0.704. The molecule has 0 unspecified atom stereocenters. The van der Waals surface area contributed by atoms with Gasteiger partial charge in [0.2, 0.25) is 0 Å². The molecule has 0 bridgehead atoms. The maximum Gasteiger partial charge on any atom is 0.341 e. The van der Waals surface area contributed by atoms with Crippen molar-refractivity contribution < 1.29 is 18.7 Å². The number of carbonyl (C=O) groups excluding carboxylic acids is 1. The molecule has 0 aromatic heterocycles. The van der Waals surface area contributed by atoms with Gasteiger partial charge in [-0.3, -0.25) is 0 Å². The van der Waals surface area contributed by atoms with E-state index in [4.69, 9.17) is 4.74 Å². The second-order valence-electron chi connectivity index (χ2n) is 3.87. The van der Waals surface area contributed by atoms with Crippen LogP contribution in [-0.2, 0) is 11.3 Å². The standard InChI is InChI=1S/C15H13FO3/c1-18-15(17)14-11(6-5-9-13(14)16)10-19-12-7-3-2-4-8-12/h2-9H,10H2,1H3. The van der Waals surface area contributed by atoms with Gasteiger partial charge in [0, 0.05) is 5.56 Å². The van der Waals surface area contributed by atoms with Gasteiger partial charge in [0.05, 0.1) is 7.11 Å². The zero-order valence-corrected chi connectivity index (χ0v) is 10.4. The van der Waals surface area contributed by atoms with Gasteiger partial charge < -0.3 is 9.47 Å². The maximum absolute atomic E-state index is 13.7. The number of para-hydroxylation sites is 1. The van der Waals surface area contributed by atoms with Gasteiger partial charge >= 0.3 is 5.97 Å². The third-order valence-electron chi connectivity index (χ3n) is 2.63. The topological polar surface area (TPSA) is 35.5 Å². The molecule has 0 aliphatic rings. The van der Waals surface area contributed by atoms with Crippen LogP contribution in [0.15, 0.2) is 48.5 Å². The molecule has 19 heavy (non-hydrogen) atoms. The van der Waals surface area contributed by atoms with E-state index >= 15 is 0 Å². The summed E-state index contributed by atoms with van der Waals surface area (Å²) in [5, 5.41) is 0. The first kappa shape index (κ1) is 13.1. The molecule has 0 N–H and O–H groups in total. The normalized spacial score (nSPS) is 10.0.